The fraction of sp³-hybridized carbons (Fsp3) is 0.286. The third-order valence-electron chi connectivity index (χ3n) is 5.87. The second-order valence-electron chi connectivity index (χ2n) is 7.27. The van der Waals surface area contributed by atoms with Crippen molar-refractivity contribution >= 4 is 29.0 Å². The molecule has 0 radical (unpaired) electrons. The quantitative estimate of drug-likeness (QED) is 0.823. The number of halogens is 1. The summed E-state index contributed by atoms with van der Waals surface area (Å²) in [6.45, 7) is 0. The zero-order valence-electron chi connectivity index (χ0n) is 14.6. The minimum absolute atomic E-state index is 0.257. The number of anilines is 2. The summed E-state index contributed by atoms with van der Waals surface area (Å²) in [6.07, 6.45) is 3.32. The molecule has 5 rings (SSSR count). The summed E-state index contributed by atoms with van der Waals surface area (Å²) < 4.78 is 14.2. The number of carbonyl (C=O) groups is 2. The molecule has 27 heavy (non-hydrogen) atoms. The van der Waals surface area contributed by atoms with Crippen molar-refractivity contribution in [2.75, 3.05) is 10.2 Å². The van der Waals surface area contributed by atoms with Gasteiger partial charge in [-0.05, 0) is 49.6 Å². The van der Waals surface area contributed by atoms with Crippen LogP contribution in [0, 0.1) is 11.7 Å². The van der Waals surface area contributed by atoms with E-state index in [0.717, 1.165) is 25.0 Å². The molecule has 1 N–H and O–H groups in total. The van der Waals surface area contributed by atoms with Crippen LogP contribution in [-0.4, -0.2) is 17.6 Å². The van der Waals surface area contributed by atoms with E-state index in [2.05, 4.69) is 10.3 Å². The molecule has 2 aromatic rings. The first kappa shape index (κ1) is 16.2. The Labute approximate surface area is 155 Å². The van der Waals surface area contributed by atoms with Gasteiger partial charge in [0, 0.05) is 28.6 Å². The van der Waals surface area contributed by atoms with Crippen LogP contribution in [-0.2, 0) is 10.3 Å². The lowest BCUT2D eigenvalue weighted by molar-refractivity contribution is -0.122. The molecular formula is C21H18FN3O2. The number of hydrogen-bond acceptors (Lipinski definition) is 2. The molecule has 2 aliphatic heterocycles. The molecule has 136 valence electrons. The van der Waals surface area contributed by atoms with Gasteiger partial charge in [-0.1, -0.05) is 24.6 Å². The average Bonchev–Trinajstić information content (AvgIpc) is 2.95. The largest absolute Gasteiger partial charge is 0.349 e. The average molecular weight is 363 g/mol. The minimum atomic E-state index is -1.30. The zero-order valence-corrected chi connectivity index (χ0v) is 14.6. The van der Waals surface area contributed by atoms with Gasteiger partial charge in [-0.25, -0.2) is 14.2 Å². The third kappa shape index (κ3) is 2.13. The first-order valence-corrected chi connectivity index (χ1v) is 9.20. The molecular weight excluding hydrogens is 345 g/mol. The number of benzene rings is 2. The lowest BCUT2D eigenvalue weighted by Gasteiger charge is -2.48. The van der Waals surface area contributed by atoms with Crippen LogP contribution in [0.5, 0.6) is 0 Å². The fourth-order valence-corrected chi connectivity index (χ4v) is 4.80. The van der Waals surface area contributed by atoms with Gasteiger partial charge >= 0.3 is 6.03 Å². The number of fused-ring (bicyclic) bond motifs is 4. The normalized spacial score (nSPS) is 26.5. The standard InChI is InChI=1S/C21H18FN3O2/c22-13-10-11-18-16(12-13)21(19(26)23-18)15-8-4-5-9-17(15)24-20(27)25(21)14-6-2-1-3-7-14/h1-3,6-7,10-12,15H,4-5,8-9H2,(H,23,26). The highest BCUT2D eigenvalue weighted by Gasteiger charge is 2.62. The lowest BCUT2D eigenvalue weighted by Crippen LogP contribution is -2.63. The number of rotatable bonds is 1. The number of carbonyl (C=O) groups excluding carboxylic acids is 2. The van der Waals surface area contributed by atoms with Crippen LogP contribution in [0.4, 0.5) is 20.6 Å². The van der Waals surface area contributed by atoms with Crippen molar-refractivity contribution in [1.29, 1.82) is 0 Å². The predicted molar refractivity (Wildman–Crippen MR) is 100 cm³/mol. The third-order valence-corrected chi connectivity index (χ3v) is 5.87. The topological polar surface area (TPSA) is 61.8 Å². The van der Waals surface area contributed by atoms with Crippen molar-refractivity contribution < 1.29 is 14.0 Å². The van der Waals surface area contributed by atoms with E-state index in [0.29, 0.717) is 23.4 Å². The Bertz CT molecular complexity index is 988. The molecule has 1 fully saturated rings. The van der Waals surface area contributed by atoms with Crippen LogP contribution >= 0.6 is 0 Å². The molecule has 2 heterocycles. The number of amides is 3. The highest BCUT2D eigenvalue weighted by Crippen LogP contribution is 2.52. The Morgan fingerprint density at radius 1 is 1.11 bits per heavy atom. The first-order chi connectivity index (χ1) is 13.1. The van der Waals surface area contributed by atoms with Gasteiger partial charge in [0.2, 0.25) is 0 Å². The smallest absolute Gasteiger partial charge is 0.323 e. The second kappa shape index (κ2) is 5.74. The van der Waals surface area contributed by atoms with Crippen LogP contribution in [0.2, 0.25) is 0 Å². The molecule has 2 atom stereocenters. The number of aliphatic imine (C=N–C) groups is 1. The summed E-state index contributed by atoms with van der Waals surface area (Å²) in [5.74, 6) is -0.975. The Balaban J connectivity index is 1.83. The predicted octanol–water partition coefficient (Wildman–Crippen LogP) is 4.24. The van der Waals surface area contributed by atoms with E-state index in [9.17, 15) is 14.0 Å². The lowest BCUT2D eigenvalue weighted by atomic mass is 9.68. The van der Waals surface area contributed by atoms with Gasteiger partial charge in [0.1, 0.15) is 5.82 Å². The molecule has 6 heteroatoms. The minimum Gasteiger partial charge on any atom is -0.323 e. The molecule has 0 bridgehead atoms. The molecule has 0 aromatic heterocycles. The van der Waals surface area contributed by atoms with Gasteiger partial charge < -0.3 is 5.32 Å². The highest BCUT2D eigenvalue weighted by atomic mass is 19.1. The molecule has 0 saturated heterocycles. The van der Waals surface area contributed by atoms with Gasteiger partial charge in [0.15, 0.2) is 5.54 Å². The van der Waals surface area contributed by atoms with E-state index >= 15 is 0 Å². The van der Waals surface area contributed by atoms with Crippen molar-refractivity contribution in [3.63, 3.8) is 0 Å². The van der Waals surface area contributed by atoms with Gasteiger partial charge in [0.25, 0.3) is 5.91 Å². The van der Waals surface area contributed by atoms with Crippen LogP contribution < -0.4 is 10.2 Å². The van der Waals surface area contributed by atoms with E-state index < -0.39 is 17.4 Å². The Morgan fingerprint density at radius 3 is 2.74 bits per heavy atom. The highest BCUT2D eigenvalue weighted by molar-refractivity contribution is 6.20. The summed E-state index contributed by atoms with van der Waals surface area (Å²) in [4.78, 5) is 32.3. The number of hydrogen-bond donors (Lipinski definition) is 1. The van der Waals surface area contributed by atoms with Crippen molar-refractivity contribution in [3.05, 3.63) is 59.9 Å². The maximum atomic E-state index is 14.2. The number of para-hydroxylation sites is 1. The number of nitrogens with one attached hydrogen (secondary N) is 1. The summed E-state index contributed by atoms with van der Waals surface area (Å²) in [5, 5.41) is 2.88. The Kier molecular flexibility index (Phi) is 3.44. The summed E-state index contributed by atoms with van der Waals surface area (Å²) in [6, 6.07) is 12.9. The van der Waals surface area contributed by atoms with Crippen molar-refractivity contribution in [2.45, 2.75) is 31.2 Å². The van der Waals surface area contributed by atoms with Crippen LogP contribution in [0.3, 0.4) is 0 Å². The van der Waals surface area contributed by atoms with Crippen LogP contribution in [0.1, 0.15) is 31.2 Å². The second-order valence-corrected chi connectivity index (χ2v) is 7.27. The van der Waals surface area contributed by atoms with Gasteiger partial charge in [0.05, 0.1) is 0 Å². The number of nitrogens with zero attached hydrogens (tertiary/aromatic N) is 2. The van der Waals surface area contributed by atoms with Gasteiger partial charge in [-0.3, -0.25) is 9.69 Å². The molecule has 1 aliphatic carbocycles. The van der Waals surface area contributed by atoms with Crippen LogP contribution in [0.25, 0.3) is 0 Å². The molecule has 5 nitrogen and oxygen atoms in total. The summed E-state index contributed by atoms with van der Waals surface area (Å²) in [7, 11) is 0. The van der Waals surface area contributed by atoms with Gasteiger partial charge in [-0.15, -0.1) is 0 Å². The monoisotopic (exact) mass is 363 g/mol. The fourth-order valence-electron chi connectivity index (χ4n) is 4.80. The van der Waals surface area contributed by atoms with Crippen molar-refractivity contribution in [2.24, 2.45) is 10.9 Å². The summed E-state index contributed by atoms with van der Waals surface area (Å²) in [5.41, 5.74) is 1.12. The molecule has 1 spiro atoms. The SMILES string of the molecule is O=C1N=C2CCCCC2C2(C(=O)Nc3ccc(F)cc32)N1c1ccccc1. The molecule has 1 saturated carbocycles. The van der Waals surface area contributed by atoms with E-state index in [1.54, 1.807) is 18.2 Å². The Hall–Kier alpha value is -3.02. The maximum absolute atomic E-state index is 14.2. The molecule has 2 aromatic carbocycles. The van der Waals surface area contributed by atoms with E-state index in [1.807, 2.05) is 18.2 Å². The van der Waals surface area contributed by atoms with Crippen LogP contribution in [0.15, 0.2) is 53.5 Å². The summed E-state index contributed by atoms with van der Waals surface area (Å²) >= 11 is 0. The zero-order chi connectivity index (χ0) is 18.6. The van der Waals surface area contributed by atoms with Crippen molar-refractivity contribution in [3.8, 4) is 0 Å². The maximum Gasteiger partial charge on any atom is 0.349 e. The molecule has 3 aliphatic rings. The van der Waals surface area contributed by atoms with E-state index in [1.165, 1.54) is 17.0 Å². The van der Waals surface area contributed by atoms with E-state index in [-0.39, 0.29) is 11.8 Å². The molecule has 3 amide bonds. The van der Waals surface area contributed by atoms with E-state index in [4.69, 9.17) is 0 Å². The van der Waals surface area contributed by atoms with Gasteiger partial charge in [-0.2, -0.15) is 0 Å². The number of urea groups is 1. The Morgan fingerprint density at radius 2 is 1.93 bits per heavy atom. The van der Waals surface area contributed by atoms with Crippen molar-refractivity contribution in [1.82, 2.24) is 0 Å². The first-order valence-electron chi connectivity index (χ1n) is 9.20. The molecule has 2 unspecified atom stereocenters.